The predicted molar refractivity (Wildman–Crippen MR) is 95.2 cm³/mol. The number of benzene rings is 1. The van der Waals surface area contributed by atoms with Crippen molar-refractivity contribution >= 4 is 17.7 Å². The van der Waals surface area contributed by atoms with Gasteiger partial charge in [-0.05, 0) is 31.5 Å². The van der Waals surface area contributed by atoms with Gasteiger partial charge in [0.15, 0.2) is 0 Å². The van der Waals surface area contributed by atoms with Gasteiger partial charge in [-0.15, -0.1) is 0 Å². The molecule has 1 aromatic carbocycles. The van der Waals surface area contributed by atoms with Crippen LogP contribution in [0.2, 0.25) is 0 Å². The largest absolute Gasteiger partial charge is 0.443 e. The van der Waals surface area contributed by atoms with Crippen molar-refractivity contribution in [2.24, 2.45) is 0 Å². The van der Waals surface area contributed by atoms with Crippen LogP contribution in [0.25, 0.3) is 0 Å². The van der Waals surface area contributed by atoms with Gasteiger partial charge in [0.1, 0.15) is 5.60 Å². The van der Waals surface area contributed by atoms with Gasteiger partial charge in [0.05, 0.1) is 0 Å². The molecule has 2 aliphatic rings. The smallest absolute Gasteiger partial charge is 0.410 e. The molecule has 6 heteroatoms. The monoisotopic (exact) mass is 343 g/mol. The van der Waals surface area contributed by atoms with E-state index in [9.17, 15) is 9.59 Å². The number of ether oxygens (including phenoxy) is 1. The Morgan fingerprint density at radius 3 is 2.20 bits per heavy atom. The molecule has 1 aromatic rings. The van der Waals surface area contributed by atoms with E-state index in [0.717, 1.165) is 18.5 Å². The summed E-state index contributed by atoms with van der Waals surface area (Å²) in [5.41, 5.74) is 1.54. The van der Waals surface area contributed by atoms with E-state index >= 15 is 0 Å². The second-order valence-electron chi connectivity index (χ2n) is 6.88. The molecule has 0 aliphatic carbocycles. The molecule has 2 heterocycles. The van der Waals surface area contributed by atoms with Gasteiger partial charge in [-0.1, -0.05) is 12.1 Å². The van der Waals surface area contributed by atoms with E-state index in [1.807, 2.05) is 24.0 Å². The Labute approximate surface area is 148 Å². The Morgan fingerprint density at radius 2 is 1.68 bits per heavy atom. The Kier molecular flexibility index (Phi) is 4.79. The van der Waals surface area contributed by atoms with Crippen molar-refractivity contribution in [1.82, 2.24) is 9.80 Å². The average molecular weight is 343 g/mol. The summed E-state index contributed by atoms with van der Waals surface area (Å²) in [4.78, 5) is 28.2. The first-order valence-corrected chi connectivity index (χ1v) is 8.87. The molecular weight excluding hydrogens is 318 g/mol. The molecule has 0 atom stereocenters. The van der Waals surface area contributed by atoms with Crippen LogP contribution >= 0.6 is 0 Å². The Morgan fingerprint density at radius 1 is 1.12 bits per heavy atom. The number of piperidine rings is 1. The highest BCUT2D eigenvalue weighted by atomic mass is 16.6. The number of rotatable bonds is 3. The molecule has 2 fully saturated rings. The Hall–Kier alpha value is -2.37. The highest BCUT2D eigenvalue weighted by molar-refractivity contribution is 5.98. The van der Waals surface area contributed by atoms with Crippen molar-refractivity contribution in [2.45, 2.75) is 38.7 Å². The normalized spacial score (nSPS) is 19.7. The zero-order chi connectivity index (χ0) is 18.0. The van der Waals surface area contributed by atoms with Crippen molar-refractivity contribution in [3.8, 4) is 0 Å². The molecule has 0 bridgehead atoms. The van der Waals surface area contributed by atoms with Gasteiger partial charge in [-0.25, -0.2) is 4.79 Å². The van der Waals surface area contributed by atoms with Gasteiger partial charge in [-0.2, -0.15) is 0 Å². The predicted octanol–water partition coefficient (Wildman–Crippen LogP) is 2.91. The highest BCUT2D eigenvalue weighted by Crippen LogP contribution is 2.34. The lowest BCUT2D eigenvalue weighted by Gasteiger charge is -2.45. The molecule has 2 aliphatic heterocycles. The van der Waals surface area contributed by atoms with Crippen molar-refractivity contribution < 1.29 is 14.3 Å². The van der Waals surface area contributed by atoms with Crippen LogP contribution in [0, 0.1) is 5.41 Å². The lowest BCUT2D eigenvalue weighted by atomic mass is 9.86. The van der Waals surface area contributed by atoms with E-state index in [4.69, 9.17) is 10.1 Å². The zero-order valence-electron chi connectivity index (χ0n) is 14.9. The summed E-state index contributed by atoms with van der Waals surface area (Å²) in [5, 5.41) is 7.62. The maximum Gasteiger partial charge on any atom is 0.410 e. The van der Waals surface area contributed by atoms with Crippen LogP contribution in [0.1, 0.15) is 49.0 Å². The number of amides is 2. The first kappa shape index (κ1) is 17.5. The number of nitrogens with one attached hydrogen (secondary N) is 1. The highest BCUT2D eigenvalue weighted by Gasteiger charge is 2.43. The third kappa shape index (κ3) is 3.52. The summed E-state index contributed by atoms with van der Waals surface area (Å²) in [7, 11) is 0. The minimum Gasteiger partial charge on any atom is -0.443 e. The molecule has 1 spiro atoms. The first-order valence-electron chi connectivity index (χ1n) is 8.87. The number of nitrogens with zero attached hydrogens (tertiary/aromatic N) is 2. The van der Waals surface area contributed by atoms with E-state index in [0.29, 0.717) is 43.8 Å². The first-order chi connectivity index (χ1) is 11.9. The standard InChI is InChI=1S/C19H25N3O3/c1-3-21-11-8-19(25-18(21)24)9-12-22(13-10-19)17(23)16-6-4-15(5-7-16)14(2)20/h4-7,20H,3,8-13H2,1-2H3. The third-order valence-corrected chi connectivity index (χ3v) is 5.31. The van der Waals surface area contributed by atoms with E-state index in [1.165, 1.54) is 0 Å². The second-order valence-corrected chi connectivity index (χ2v) is 6.88. The maximum atomic E-state index is 12.7. The van der Waals surface area contributed by atoms with Crippen LogP contribution in [0.5, 0.6) is 0 Å². The number of carbonyl (C=O) groups is 2. The molecule has 0 aromatic heterocycles. The van der Waals surface area contributed by atoms with Gasteiger partial charge >= 0.3 is 6.09 Å². The van der Waals surface area contributed by atoms with Crippen LogP contribution in [0.4, 0.5) is 4.79 Å². The molecule has 1 N–H and O–H groups in total. The summed E-state index contributed by atoms with van der Waals surface area (Å²) < 4.78 is 5.72. The van der Waals surface area contributed by atoms with Crippen LogP contribution in [0.15, 0.2) is 24.3 Å². The van der Waals surface area contributed by atoms with Crippen molar-refractivity contribution in [3.05, 3.63) is 35.4 Å². The molecule has 134 valence electrons. The van der Waals surface area contributed by atoms with Crippen molar-refractivity contribution in [1.29, 1.82) is 5.41 Å². The van der Waals surface area contributed by atoms with Crippen LogP contribution in [0.3, 0.4) is 0 Å². The fourth-order valence-corrected chi connectivity index (χ4v) is 3.53. The molecule has 0 saturated carbocycles. The molecule has 6 nitrogen and oxygen atoms in total. The van der Waals surface area contributed by atoms with E-state index < -0.39 is 5.60 Å². The topological polar surface area (TPSA) is 73.7 Å². The average Bonchev–Trinajstić information content (AvgIpc) is 2.62. The number of hydrogen-bond acceptors (Lipinski definition) is 4. The summed E-state index contributed by atoms with van der Waals surface area (Å²) in [5.74, 6) is 0.00125. The lowest BCUT2D eigenvalue weighted by molar-refractivity contribution is -0.0760. The molecule has 2 amide bonds. The van der Waals surface area contributed by atoms with Gasteiger partial charge in [0, 0.05) is 56.7 Å². The van der Waals surface area contributed by atoms with Gasteiger partial charge in [0.2, 0.25) is 0 Å². The number of carbonyl (C=O) groups excluding carboxylic acids is 2. The Bertz CT molecular complexity index is 676. The molecule has 2 saturated heterocycles. The van der Waals surface area contributed by atoms with E-state index in [2.05, 4.69) is 0 Å². The summed E-state index contributed by atoms with van der Waals surface area (Å²) in [6.45, 7) is 6.28. The lowest BCUT2D eigenvalue weighted by Crippen LogP contribution is -2.55. The zero-order valence-corrected chi connectivity index (χ0v) is 14.9. The summed E-state index contributed by atoms with van der Waals surface area (Å²) in [6.07, 6.45) is 1.99. The van der Waals surface area contributed by atoms with Crippen LogP contribution in [-0.2, 0) is 4.74 Å². The third-order valence-electron chi connectivity index (χ3n) is 5.31. The number of likely N-dealkylation sites (tertiary alicyclic amines) is 1. The maximum absolute atomic E-state index is 12.7. The molecule has 0 radical (unpaired) electrons. The fraction of sp³-hybridized carbons (Fsp3) is 0.526. The van der Waals surface area contributed by atoms with Crippen molar-refractivity contribution in [2.75, 3.05) is 26.2 Å². The molecular formula is C19H25N3O3. The minimum absolute atomic E-state index is 0.00125. The SMILES string of the molecule is CCN1CCC2(CCN(C(=O)c3ccc(C(C)=N)cc3)CC2)OC1=O. The molecule has 25 heavy (non-hydrogen) atoms. The van der Waals surface area contributed by atoms with Gasteiger partial charge in [-0.3, -0.25) is 4.79 Å². The van der Waals surface area contributed by atoms with Crippen molar-refractivity contribution in [3.63, 3.8) is 0 Å². The van der Waals surface area contributed by atoms with E-state index in [-0.39, 0.29) is 12.0 Å². The number of hydrogen-bond donors (Lipinski definition) is 1. The van der Waals surface area contributed by atoms with E-state index in [1.54, 1.807) is 24.0 Å². The molecule has 3 rings (SSSR count). The van der Waals surface area contributed by atoms with Gasteiger partial charge < -0.3 is 19.9 Å². The summed E-state index contributed by atoms with van der Waals surface area (Å²) >= 11 is 0. The van der Waals surface area contributed by atoms with Crippen LogP contribution < -0.4 is 0 Å². The quantitative estimate of drug-likeness (QED) is 0.858. The van der Waals surface area contributed by atoms with Crippen LogP contribution in [-0.4, -0.2) is 59.3 Å². The summed E-state index contributed by atoms with van der Waals surface area (Å²) in [6, 6.07) is 7.17. The Balaban J connectivity index is 1.61. The fourth-order valence-electron chi connectivity index (χ4n) is 3.53. The minimum atomic E-state index is -0.402. The second kappa shape index (κ2) is 6.86. The van der Waals surface area contributed by atoms with Gasteiger partial charge in [0.25, 0.3) is 5.91 Å². The molecule has 0 unspecified atom stereocenters.